The summed E-state index contributed by atoms with van der Waals surface area (Å²) in [5, 5.41) is 3.28. The molecule has 1 N–H and O–H groups in total. The van der Waals surface area contributed by atoms with Gasteiger partial charge in [0.1, 0.15) is 12.5 Å². The number of rotatable bonds is 7. The molecular formula is C29H33NO5. The standard InChI is InChI=1S/C29H33NO5/c1-6-34-28(32)25-18(2)30-21-15-29(3,4)16-22(31)27(21)26(25)20-12-13-23(24(14-20)33-5)35-17-19-10-8-7-9-11-19/h7-14,25-26,30H,2,6,15-17H2,1,3-5H3. The van der Waals surface area contributed by atoms with Crippen molar-refractivity contribution in [3.8, 4) is 11.5 Å². The van der Waals surface area contributed by atoms with Gasteiger partial charge in [-0.15, -0.1) is 0 Å². The van der Waals surface area contributed by atoms with E-state index < -0.39 is 17.8 Å². The Morgan fingerprint density at radius 1 is 1.11 bits per heavy atom. The molecule has 6 heteroatoms. The maximum absolute atomic E-state index is 13.4. The van der Waals surface area contributed by atoms with Crippen LogP contribution < -0.4 is 14.8 Å². The lowest BCUT2D eigenvalue weighted by molar-refractivity contribution is -0.147. The molecule has 184 valence electrons. The summed E-state index contributed by atoms with van der Waals surface area (Å²) in [6.45, 7) is 10.7. The molecule has 4 rings (SSSR count). The molecular weight excluding hydrogens is 442 g/mol. The van der Waals surface area contributed by atoms with Gasteiger partial charge < -0.3 is 19.5 Å². The summed E-state index contributed by atoms with van der Waals surface area (Å²) in [7, 11) is 1.58. The molecule has 0 saturated heterocycles. The molecule has 6 nitrogen and oxygen atoms in total. The number of ketones is 1. The molecule has 0 fully saturated rings. The van der Waals surface area contributed by atoms with Gasteiger partial charge in [0.05, 0.1) is 13.7 Å². The zero-order valence-electron chi connectivity index (χ0n) is 20.9. The zero-order chi connectivity index (χ0) is 25.2. The number of benzene rings is 2. The van der Waals surface area contributed by atoms with Crippen molar-refractivity contribution in [1.82, 2.24) is 5.32 Å². The minimum atomic E-state index is -0.723. The zero-order valence-corrected chi connectivity index (χ0v) is 20.9. The minimum Gasteiger partial charge on any atom is -0.493 e. The van der Waals surface area contributed by atoms with Crippen molar-refractivity contribution in [2.45, 2.75) is 46.1 Å². The lowest BCUT2D eigenvalue weighted by Gasteiger charge is -2.42. The van der Waals surface area contributed by atoms with Crippen LogP contribution >= 0.6 is 0 Å². The summed E-state index contributed by atoms with van der Waals surface area (Å²) < 4.78 is 17.1. The van der Waals surface area contributed by atoms with Crippen molar-refractivity contribution >= 4 is 11.8 Å². The topological polar surface area (TPSA) is 73.9 Å². The maximum atomic E-state index is 13.4. The van der Waals surface area contributed by atoms with Crippen molar-refractivity contribution in [2.24, 2.45) is 11.3 Å². The molecule has 0 bridgehead atoms. The van der Waals surface area contributed by atoms with Gasteiger partial charge >= 0.3 is 5.97 Å². The average molecular weight is 476 g/mol. The first-order valence-corrected chi connectivity index (χ1v) is 12.0. The van der Waals surface area contributed by atoms with E-state index in [1.165, 1.54) is 0 Å². The second-order valence-electron chi connectivity index (χ2n) is 9.88. The fourth-order valence-electron chi connectivity index (χ4n) is 5.05. The van der Waals surface area contributed by atoms with E-state index >= 15 is 0 Å². The smallest absolute Gasteiger partial charge is 0.315 e. The summed E-state index contributed by atoms with van der Waals surface area (Å²) >= 11 is 0. The van der Waals surface area contributed by atoms with Crippen molar-refractivity contribution in [3.63, 3.8) is 0 Å². The van der Waals surface area contributed by atoms with Gasteiger partial charge in [0, 0.05) is 29.3 Å². The summed E-state index contributed by atoms with van der Waals surface area (Å²) in [5.74, 6) is -0.471. The molecule has 2 unspecified atom stereocenters. The van der Waals surface area contributed by atoms with Crippen LogP contribution in [0.3, 0.4) is 0 Å². The van der Waals surface area contributed by atoms with E-state index in [0.717, 1.165) is 16.8 Å². The molecule has 1 aliphatic heterocycles. The van der Waals surface area contributed by atoms with Crippen LogP contribution in [0.2, 0.25) is 0 Å². The Labute approximate surface area is 207 Å². The first kappa shape index (κ1) is 24.6. The molecule has 0 aromatic heterocycles. The highest BCUT2D eigenvalue weighted by Gasteiger charge is 2.46. The number of carbonyl (C=O) groups is 2. The van der Waals surface area contributed by atoms with Crippen molar-refractivity contribution in [2.75, 3.05) is 13.7 Å². The van der Waals surface area contributed by atoms with Crippen LogP contribution in [0, 0.1) is 11.3 Å². The fourth-order valence-corrected chi connectivity index (χ4v) is 5.05. The van der Waals surface area contributed by atoms with Crippen molar-refractivity contribution in [1.29, 1.82) is 0 Å². The van der Waals surface area contributed by atoms with Crippen LogP contribution in [0.25, 0.3) is 0 Å². The number of carbonyl (C=O) groups excluding carboxylic acids is 2. The molecule has 0 spiro atoms. The summed E-state index contributed by atoms with van der Waals surface area (Å²) in [6.07, 6.45) is 1.12. The van der Waals surface area contributed by atoms with Gasteiger partial charge in [-0.2, -0.15) is 0 Å². The third-order valence-corrected chi connectivity index (χ3v) is 6.58. The molecule has 0 saturated carbocycles. The largest absolute Gasteiger partial charge is 0.493 e. The van der Waals surface area contributed by atoms with Crippen LogP contribution in [0.5, 0.6) is 11.5 Å². The number of allylic oxidation sites excluding steroid dienone is 2. The second kappa shape index (κ2) is 9.98. The molecule has 1 heterocycles. The number of methoxy groups -OCH3 is 1. The SMILES string of the molecule is C=C1NC2=C(C(=O)CC(C)(C)C2)C(c2ccc(OCc3ccccc3)c(OC)c2)C1C(=O)OCC. The first-order valence-electron chi connectivity index (χ1n) is 12.0. The van der Waals surface area contributed by atoms with Gasteiger partial charge in [0.2, 0.25) is 0 Å². The van der Waals surface area contributed by atoms with E-state index in [4.69, 9.17) is 14.2 Å². The number of hydrogen-bond acceptors (Lipinski definition) is 6. The summed E-state index contributed by atoms with van der Waals surface area (Å²) in [5.41, 5.74) is 3.68. The number of nitrogens with one attached hydrogen (secondary N) is 1. The van der Waals surface area contributed by atoms with Gasteiger partial charge in [0.15, 0.2) is 17.3 Å². The Balaban J connectivity index is 1.75. The Bertz CT molecular complexity index is 1160. The molecule has 1 aliphatic carbocycles. The highest BCUT2D eigenvalue weighted by atomic mass is 16.5. The monoisotopic (exact) mass is 475 g/mol. The molecule has 0 radical (unpaired) electrons. The van der Waals surface area contributed by atoms with Crippen LogP contribution in [0.4, 0.5) is 0 Å². The number of ether oxygens (including phenoxy) is 3. The molecule has 0 amide bonds. The van der Waals surface area contributed by atoms with Crippen LogP contribution in [0.1, 0.15) is 50.7 Å². The summed E-state index contributed by atoms with van der Waals surface area (Å²) in [6, 6.07) is 15.5. The minimum absolute atomic E-state index is 0.0407. The second-order valence-corrected chi connectivity index (χ2v) is 9.88. The molecule has 35 heavy (non-hydrogen) atoms. The van der Waals surface area contributed by atoms with E-state index in [1.807, 2.05) is 48.5 Å². The van der Waals surface area contributed by atoms with Gasteiger partial charge in [0.25, 0.3) is 0 Å². The van der Waals surface area contributed by atoms with Gasteiger partial charge in [-0.25, -0.2) is 0 Å². The Kier molecular flexibility index (Phi) is 7.01. The maximum Gasteiger partial charge on any atom is 0.315 e. The van der Waals surface area contributed by atoms with Crippen LogP contribution in [-0.4, -0.2) is 25.5 Å². The van der Waals surface area contributed by atoms with Gasteiger partial charge in [-0.1, -0.05) is 56.8 Å². The Morgan fingerprint density at radius 3 is 2.54 bits per heavy atom. The predicted molar refractivity (Wildman–Crippen MR) is 134 cm³/mol. The number of Topliss-reactive ketones (excluding diaryl/α,β-unsaturated/α-hetero) is 1. The van der Waals surface area contributed by atoms with Crippen LogP contribution in [-0.2, 0) is 20.9 Å². The lowest BCUT2D eigenvalue weighted by atomic mass is 9.66. The van der Waals surface area contributed by atoms with E-state index in [1.54, 1.807) is 14.0 Å². The average Bonchev–Trinajstić information content (AvgIpc) is 2.81. The predicted octanol–water partition coefficient (Wildman–Crippen LogP) is 5.30. The molecule has 2 atom stereocenters. The van der Waals surface area contributed by atoms with Gasteiger partial charge in [-0.3, -0.25) is 9.59 Å². The number of esters is 1. The highest BCUT2D eigenvalue weighted by molar-refractivity contribution is 6.01. The van der Waals surface area contributed by atoms with E-state index in [-0.39, 0.29) is 17.8 Å². The van der Waals surface area contributed by atoms with Crippen molar-refractivity contribution in [3.05, 3.63) is 83.2 Å². The lowest BCUT2D eigenvalue weighted by Crippen LogP contribution is -2.43. The molecule has 2 aromatic rings. The third kappa shape index (κ3) is 5.11. The van der Waals surface area contributed by atoms with E-state index in [9.17, 15) is 9.59 Å². The number of hydrogen-bond donors (Lipinski definition) is 1. The first-order chi connectivity index (χ1) is 16.7. The van der Waals surface area contributed by atoms with Crippen LogP contribution in [0.15, 0.2) is 72.1 Å². The highest BCUT2D eigenvalue weighted by Crippen LogP contribution is 2.49. The molecule has 2 aliphatic rings. The fraction of sp³-hybridized carbons (Fsp3) is 0.379. The van der Waals surface area contributed by atoms with Gasteiger partial charge in [-0.05, 0) is 42.0 Å². The quantitative estimate of drug-likeness (QED) is 0.548. The normalized spacial score (nSPS) is 21.1. The van der Waals surface area contributed by atoms with Crippen molar-refractivity contribution < 1.29 is 23.8 Å². The summed E-state index contributed by atoms with van der Waals surface area (Å²) in [4.78, 5) is 26.5. The van der Waals surface area contributed by atoms with E-state index in [2.05, 4.69) is 25.7 Å². The Morgan fingerprint density at radius 2 is 1.86 bits per heavy atom. The third-order valence-electron chi connectivity index (χ3n) is 6.58. The Hall–Kier alpha value is -3.54. The molecule has 2 aromatic carbocycles. The van der Waals surface area contributed by atoms with E-state index in [0.29, 0.717) is 42.2 Å².